The molecule has 3 aromatic heterocycles. The van der Waals surface area contributed by atoms with E-state index in [1.807, 2.05) is 18.2 Å². The van der Waals surface area contributed by atoms with Crippen LogP contribution < -0.4 is 4.90 Å². The summed E-state index contributed by atoms with van der Waals surface area (Å²) in [5.41, 5.74) is 4.34. The second-order valence-corrected chi connectivity index (χ2v) is 11.5. The largest absolute Gasteiger partial charge is 0.378 e. The summed E-state index contributed by atoms with van der Waals surface area (Å²) in [6.45, 7) is 7.94. The Labute approximate surface area is 211 Å². The van der Waals surface area contributed by atoms with E-state index in [-0.39, 0.29) is 5.60 Å². The maximum atomic E-state index is 6.71. The van der Waals surface area contributed by atoms with E-state index in [0.717, 1.165) is 51.5 Å². The molecule has 0 amide bonds. The lowest BCUT2D eigenvalue weighted by Crippen LogP contribution is -2.39. The van der Waals surface area contributed by atoms with Crippen molar-refractivity contribution in [2.45, 2.75) is 43.4 Å². The molecule has 9 heteroatoms. The summed E-state index contributed by atoms with van der Waals surface area (Å²) in [5, 5.41) is 2.30. The number of rotatable bonds is 4. The number of thioether (sulfide) groups is 1. The number of ether oxygens (including phenoxy) is 2. The number of aromatic nitrogens is 3. The lowest BCUT2D eigenvalue weighted by atomic mass is 9.90. The van der Waals surface area contributed by atoms with Gasteiger partial charge in [-0.2, -0.15) is 0 Å². The molecule has 6 rings (SSSR count). The molecule has 0 bridgehead atoms. The van der Waals surface area contributed by atoms with Gasteiger partial charge in [0.2, 0.25) is 0 Å². The molecule has 1 aromatic carbocycles. The van der Waals surface area contributed by atoms with Crippen molar-refractivity contribution in [1.29, 1.82) is 0 Å². The van der Waals surface area contributed by atoms with E-state index in [1.165, 1.54) is 16.7 Å². The molecule has 6 nitrogen and oxygen atoms in total. The van der Waals surface area contributed by atoms with Crippen LogP contribution in [-0.2, 0) is 28.3 Å². The minimum absolute atomic E-state index is 0.250. The number of nitrogens with zero attached hydrogens (tertiary/aromatic N) is 4. The molecule has 0 radical (unpaired) electrons. The Balaban J connectivity index is 1.50. The Morgan fingerprint density at radius 1 is 1.09 bits per heavy atom. The van der Waals surface area contributed by atoms with Gasteiger partial charge in [-0.05, 0) is 25.0 Å². The Morgan fingerprint density at radius 2 is 1.88 bits per heavy atom. The predicted octanol–water partition coefficient (Wildman–Crippen LogP) is 5.87. The molecule has 4 aromatic rings. The summed E-state index contributed by atoms with van der Waals surface area (Å²) in [7, 11) is 0. The number of thiophene rings is 1. The van der Waals surface area contributed by atoms with Crippen LogP contribution in [0.4, 0.5) is 5.82 Å². The van der Waals surface area contributed by atoms with Crippen LogP contribution in [0, 0.1) is 0 Å². The first-order valence-electron chi connectivity index (χ1n) is 11.4. The quantitative estimate of drug-likeness (QED) is 0.192. The first-order chi connectivity index (χ1) is 16.5. The van der Waals surface area contributed by atoms with Gasteiger partial charge in [0.25, 0.3) is 0 Å². The molecule has 1 fully saturated rings. The van der Waals surface area contributed by atoms with E-state index in [2.05, 4.69) is 35.9 Å². The highest BCUT2D eigenvalue weighted by Gasteiger charge is 2.33. The molecule has 176 valence electrons. The monoisotopic (exact) mass is 512 g/mol. The lowest BCUT2D eigenvalue weighted by Gasteiger charge is -2.36. The zero-order chi connectivity index (χ0) is 23.3. The molecule has 0 saturated carbocycles. The van der Waals surface area contributed by atoms with Gasteiger partial charge >= 0.3 is 0 Å². The van der Waals surface area contributed by atoms with E-state index < -0.39 is 0 Å². The van der Waals surface area contributed by atoms with Crippen LogP contribution >= 0.6 is 34.7 Å². The highest BCUT2D eigenvalue weighted by Crippen LogP contribution is 2.44. The summed E-state index contributed by atoms with van der Waals surface area (Å²) >= 11 is 9.90. The minimum Gasteiger partial charge on any atom is -0.378 e. The number of morpholine rings is 1. The van der Waals surface area contributed by atoms with Crippen molar-refractivity contribution in [2.24, 2.45) is 0 Å². The van der Waals surface area contributed by atoms with Gasteiger partial charge in [-0.3, -0.25) is 0 Å². The van der Waals surface area contributed by atoms with E-state index in [1.54, 1.807) is 23.1 Å². The summed E-state index contributed by atoms with van der Waals surface area (Å²) in [6.07, 6.45) is 0.804. The maximum Gasteiger partial charge on any atom is 0.189 e. The summed E-state index contributed by atoms with van der Waals surface area (Å²) in [4.78, 5) is 18.0. The zero-order valence-electron chi connectivity index (χ0n) is 19.1. The Morgan fingerprint density at radius 3 is 2.68 bits per heavy atom. The van der Waals surface area contributed by atoms with E-state index in [4.69, 9.17) is 31.0 Å². The smallest absolute Gasteiger partial charge is 0.189 e. The average Bonchev–Trinajstić information content (AvgIpc) is 3.22. The molecule has 2 aliphatic heterocycles. The van der Waals surface area contributed by atoms with Crippen LogP contribution in [0.3, 0.4) is 0 Å². The molecular formula is C25H25ClN4O2S2. The van der Waals surface area contributed by atoms with Crippen LogP contribution in [0.2, 0.25) is 5.15 Å². The average molecular weight is 513 g/mol. The Kier molecular flexibility index (Phi) is 5.90. The van der Waals surface area contributed by atoms with Crippen LogP contribution in [0.5, 0.6) is 0 Å². The second-order valence-electron chi connectivity index (χ2n) is 9.25. The van der Waals surface area contributed by atoms with Gasteiger partial charge in [-0.15, -0.1) is 11.3 Å². The van der Waals surface area contributed by atoms with Crippen LogP contribution in [0.25, 0.3) is 20.4 Å². The molecule has 5 heterocycles. The molecule has 0 N–H and O–H groups in total. The third-order valence-corrected chi connectivity index (χ3v) is 8.71. The molecule has 34 heavy (non-hydrogen) atoms. The molecule has 0 spiro atoms. The summed E-state index contributed by atoms with van der Waals surface area (Å²) < 4.78 is 12.7. The predicted molar refractivity (Wildman–Crippen MR) is 139 cm³/mol. The Hall–Kier alpha value is -1.97. The lowest BCUT2D eigenvalue weighted by molar-refractivity contribution is -0.0396. The second kappa shape index (κ2) is 8.91. The van der Waals surface area contributed by atoms with Gasteiger partial charge in [0.05, 0.1) is 35.6 Å². The fourth-order valence-electron chi connectivity index (χ4n) is 4.63. The number of fused-ring (bicyclic) bond motifs is 5. The fourth-order valence-corrected chi connectivity index (χ4v) is 6.78. The zero-order valence-corrected chi connectivity index (χ0v) is 21.5. The first-order valence-corrected chi connectivity index (χ1v) is 13.6. The van der Waals surface area contributed by atoms with Crippen molar-refractivity contribution in [3.63, 3.8) is 0 Å². The number of hydrogen-bond donors (Lipinski definition) is 0. The van der Waals surface area contributed by atoms with E-state index in [0.29, 0.717) is 30.1 Å². The summed E-state index contributed by atoms with van der Waals surface area (Å²) in [5.74, 6) is 1.80. The SMILES string of the molecule is CC1(C)Cc2c(c(N3CCOCC3)nc3sc4c(Cl)nc(SCc5ccccc5)nc4c23)CO1. The Bertz CT molecular complexity index is 1370. The van der Waals surface area contributed by atoms with Crippen LogP contribution in [0.15, 0.2) is 35.5 Å². The van der Waals surface area contributed by atoms with Gasteiger partial charge in [-0.1, -0.05) is 53.7 Å². The molecule has 0 aliphatic carbocycles. The van der Waals surface area contributed by atoms with Crippen molar-refractivity contribution in [1.82, 2.24) is 15.0 Å². The van der Waals surface area contributed by atoms with Crippen molar-refractivity contribution in [3.8, 4) is 0 Å². The fraction of sp³-hybridized carbons (Fsp3) is 0.400. The molecule has 0 unspecified atom stereocenters. The number of anilines is 1. The number of pyridine rings is 1. The third kappa shape index (κ3) is 4.16. The third-order valence-electron chi connectivity index (χ3n) is 6.33. The van der Waals surface area contributed by atoms with Gasteiger partial charge in [-0.25, -0.2) is 15.0 Å². The number of halogens is 1. The van der Waals surface area contributed by atoms with Crippen molar-refractivity contribution in [3.05, 3.63) is 52.2 Å². The highest BCUT2D eigenvalue weighted by molar-refractivity contribution is 7.98. The molecule has 2 aliphatic rings. The first kappa shape index (κ1) is 22.5. The van der Waals surface area contributed by atoms with Gasteiger partial charge in [0.1, 0.15) is 10.6 Å². The molecular weight excluding hydrogens is 488 g/mol. The maximum absolute atomic E-state index is 6.71. The van der Waals surface area contributed by atoms with Crippen molar-refractivity contribution < 1.29 is 9.47 Å². The normalized spacial score (nSPS) is 17.9. The standard InChI is InChI=1S/C25H25ClN4O2S2/c1-25(2)12-16-17(13-32-25)22(30-8-10-31-11-9-30)29-23-18(16)19-20(34-23)21(26)28-24(27-19)33-14-15-6-4-3-5-7-15/h3-7H,8-14H2,1-2H3. The summed E-state index contributed by atoms with van der Waals surface area (Å²) in [6, 6.07) is 10.4. The van der Waals surface area contributed by atoms with E-state index in [9.17, 15) is 0 Å². The van der Waals surface area contributed by atoms with Crippen LogP contribution in [0.1, 0.15) is 30.5 Å². The molecule has 0 atom stereocenters. The highest BCUT2D eigenvalue weighted by atomic mass is 35.5. The van der Waals surface area contributed by atoms with Crippen LogP contribution in [-0.4, -0.2) is 46.9 Å². The number of benzene rings is 1. The van der Waals surface area contributed by atoms with Gasteiger partial charge < -0.3 is 14.4 Å². The molecule has 1 saturated heterocycles. The van der Waals surface area contributed by atoms with Gasteiger partial charge in [0, 0.05) is 36.2 Å². The minimum atomic E-state index is -0.250. The van der Waals surface area contributed by atoms with E-state index >= 15 is 0 Å². The van der Waals surface area contributed by atoms with Crippen molar-refractivity contribution >= 4 is 61.0 Å². The topological polar surface area (TPSA) is 60.4 Å². The number of hydrogen-bond acceptors (Lipinski definition) is 8. The van der Waals surface area contributed by atoms with Gasteiger partial charge in [0.15, 0.2) is 10.3 Å². The van der Waals surface area contributed by atoms with Crippen molar-refractivity contribution in [2.75, 3.05) is 31.2 Å².